The van der Waals surface area contributed by atoms with Crippen LogP contribution >= 0.6 is 0 Å². The summed E-state index contributed by atoms with van der Waals surface area (Å²) < 4.78 is 51.5. The first kappa shape index (κ1) is 19.6. The lowest BCUT2D eigenvalue weighted by molar-refractivity contribution is 0.184. The second-order valence-corrected chi connectivity index (χ2v) is 8.53. The number of hydrogen-bond acceptors (Lipinski definition) is 5. The first-order chi connectivity index (χ1) is 12.9. The largest absolute Gasteiger partial charge is 0.494 e. The highest BCUT2D eigenvalue weighted by Gasteiger charge is 2.30. The minimum absolute atomic E-state index is 0.0243. The van der Waals surface area contributed by atoms with Crippen LogP contribution in [-0.4, -0.2) is 44.5 Å². The Balaban J connectivity index is 1.59. The molecular weight excluding hydrogens is 371 g/mol. The van der Waals surface area contributed by atoms with Crippen molar-refractivity contribution in [2.45, 2.75) is 24.7 Å². The molecule has 0 amide bonds. The van der Waals surface area contributed by atoms with Gasteiger partial charge in [-0.05, 0) is 49.9 Å². The Hall–Kier alpha value is -2.19. The molecule has 0 aliphatic carbocycles. The van der Waals surface area contributed by atoms with Gasteiger partial charge in [-0.15, -0.1) is 0 Å². The monoisotopic (exact) mass is 394 g/mol. The molecule has 2 heterocycles. The maximum absolute atomic E-state index is 13.9. The van der Waals surface area contributed by atoms with Crippen LogP contribution in [0.4, 0.5) is 4.39 Å². The van der Waals surface area contributed by atoms with E-state index in [1.54, 1.807) is 12.4 Å². The van der Waals surface area contributed by atoms with Crippen molar-refractivity contribution in [2.24, 2.45) is 5.92 Å². The molecule has 1 fully saturated rings. The number of benzene rings is 1. The summed E-state index contributed by atoms with van der Waals surface area (Å²) in [4.78, 5) is 3.98. The second kappa shape index (κ2) is 8.22. The molecule has 0 bridgehead atoms. The average Bonchev–Trinajstić information content (AvgIpc) is 2.67. The quantitative estimate of drug-likeness (QED) is 0.753. The van der Waals surface area contributed by atoms with E-state index in [4.69, 9.17) is 9.47 Å². The Bertz CT molecular complexity index is 896. The van der Waals surface area contributed by atoms with E-state index in [2.05, 4.69) is 4.98 Å². The molecule has 1 aliphatic rings. The zero-order valence-electron chi connectivity index (χ0n) is 15.4. The maximum atomic E-state index is 13.9. The van der Waals surface area contributed by atoms with E-state index in [0.717, 1.165) is 17.4 Å². The molecule has 8 heteroatoms. The van der Waals surface area contributed by atoms with Crippen molar-refractivity contribution in [2.75, 3.05) is 26.8 Å². The summed E-state index contributed by atoms with van der Waals surface area (Å²) in [7, 11) is -2.38. The molecule has 0 N–H and O–H groups in total. The van der Waals surface area contributed by atoms with Gasteiger partial charge >= 0.3 is 0 Å². The molecule has 1 aliphatic heterocycles. The van der Waals surface area contributed by atoms with E-state index >= 15 is 0 Å². The minimum Gasteiger partial charge on any atom is -0.494 e. The second-order valence-electron chi connectivity index (χ2n) is 6.60. The topological polar surface area (TPSA) is 68.7 Å². The summed E-state index contributed by atoms with van der Waals surface area (Å²) in [6, 6.07) is 5.54. The van der Waals surface area contributed by atoms with Crippen LogP contribution in [0.1, 0.15) is 18.4 Å². The molecule has 27 heavy (non-hydrogen) atoms. The molecule has 0 spiro atoms. The van der Waals surface area contributed by atoms with Crippen molar-refractivity contribution >= 4 is 10.0 Å². The first-order valence-corrected chi connectivity index (χ1v) is 10.2. The normalized spacial score (nSPS) is 16.3. The number of methoxy groups -OCH3 is 1. The van der Waals surface area contributed by atoms with Crippen molar-refractivity contribution in [1.82, 2.24) is 9.29 Å². The van der Waals surface area contributed by atoms with Crippen molar-refractivity contribution < 1.29 is 22.3 Å². The summed E-state index contributed by atoms with van der Waals surface area (Å²) in [5.74, 6) is 0.413. The Kier molecular flexibility index (Phi) is 5.96. The van der Waals surface area contributed by atoms with Crippen LogP contribution in [-0.2, 0) is 10.0 Å². The number of piperidine rings is 1. The van der Waals surface area contributed by atoms with Gasteiger partial charge in [0.05, 0.1) is 18.6 Å². The molecule has 0 unspecified atom stereocenters. The van der Waals surface area contributed by atoms with E-state index in [1.165, 1.54) is 23.5 Å². The number of ether oxygens (including phenoxy) is 2. The van der Waals surface area contributed by atoms with Gasteiger partial charge in [-0.2, -0.15) is 4.31 Å². The van der Waals surface area contributed by atoms with E-state index in [-0.39, 0.29) is 16.6 Å². The van der Waals surface area contributed by atoms with Crippen molar-refractivity contribution in [3.8, 4) is 11.5 Å². The van der Waals surface area contributed by atoms with Crippen LogP contribution in [0.15, 0.2) is 41.6 Å². The van der Waals surface area contributed by atoms with Gasteiger partial charge in [0.15, 0.2) is 11.6 Å². The molecule has 3 rings (SSSR count). The molecule has 0 radical (unpaired) electrons. The predicted molar refractivity (Wildman–Crippen MR) is 98.9 cm³/mol. The lowest BCUT2D eigenvalue weighted by Gasteiger charge is -2.31. The number of aromatic nitrogens is 1. The zero-order chi connectivity index (χ0) is 19.4. The average molecular weight is 394 g/mol. The zero-order valence-corrected chi connectivity index (χ0v) is 16.2. The Morgan fingerprint density at radius 3 is 2.59 bits per heavy atom. The number of halogens is 1. The maximum Gasteiger partial charge on any atom is 0.243 e. The number of hydrogen-bond donors (Lipinski definition) is 0. The smallest absolute Gasteiger partial charge is 0.243 e. The van der Waals surface area contributed by atoms with Crippen molar-refractivity contribution in [3.05, 3.63) is 48.0 Å². The fourth-order valence-electron chi connectivity index (χ4n) is 3.10. The summed E-state index contributed by atoms with van der Waals surface area (Å²) in [6.07, 6.45) is 4.83. The summed E-state index contributed by atoms with van der Waals surface area (Å²) >= 11 is 0. The van der Waals surface area contributed by atoms with Crippen LogP contribution in [0, 0.1) is 18.7 Å². The Labute approximate surface area is 159 Å². The van der Waals surface area contributed by atoms with Gasteiger partial charge in [0.25, 0.3) is 0 Å². The lowest BCUT2D eigenvalue weighted by Crippen LogP contribution is -2.39. The summed E-state index contributed by atoms with van der Waals surface area (Å²) in [5, 5.41) is 0. The molecule has 1 saturated heterocycles. The summed E-state index contributed by atoms with van der Waals surface area (Å²) in [6.45, 7) is 3.25. The van der Waals surface area contributed by atoms with Gasteiger partial charge in [-0.25, -0.2) is 12.8 Å². The molecule has 146 valence electrons. The highest BCUT2D eigenvalue weighted by molar-refractivity contribution is 7.89. The number of sulfonamides is 1. The third-order valence-electron chi connectivity index (χ3n) is 4.78. The van der Waals surface area contributed by atoms with Crippen LogP contribution in [0.3, 0.4) is 0 Å². The van der Waals surface area contributed by atoms with E-state index in [9.17, 15) is 12.8 Å². The van der Waals surface area contributed by atoms with E-state index in [0.29, 0.717) is 32.5 Å². The Morgan fingerprint density at radius 2 is 1.96 bits per heavy atom. The molecule has 1 aromatic heterocycles. The van der Waals surface area contributed by atoms with Crippen molar-refractivity contribution in [3.63, 3.8) is 0 Å². The number of pyridine rings is 1. The number of nitrogens with zero attached hydrogens (tertiary/aromatic N) is 2. The predicted octanol–water partition coefficient (Wildman–Crippen LogP) is 3.02. The van der Waals surface area contributed by atoms with Gasteiger partial charge in [0, 0.05) is 31.0 Å². The van der Waals surface area contributed by atoms with Crippen LogP contribution in [0.25, 0.3) is 0 Å². The first-order valence-electron chi connectivity index (χ1n) is 8.79. The van der Waals surface area contributed by atoms with Crippen LogP contribution < -0.4 is 9.47 Å². The third kappa shape index (κ3) is 4.39. The molecule has 0 atom stereocenters. The van der Waals surface area contributed by atoms with Gasteiger partial charge in [0.2, 0.25) is 10.0 Å². The van der Waals surface area contributed by atoms with Gasteiger partial charge in [-0.1, -0.05) is 0 Å². The van der Waals surface area contributed by atoms with Crippen LogP contribution in [0.2, 0.25) is 0 Å². The molecule has 6 nitrogen and oxygen atoms in total. The standard InChI is InChI=1S/C19H23FN2O4S/c1-14-12-21-8-5-18(14)26-13-15-6-9-22(10-7-15)27(23,24)16-3-4-19(25-2)17(20)11-16/h3-5,8,11-12,15H,6-7,9-10,13H2,1-2H3. The van der Waals surface area contributed by atoms with Crippen LogP contribution in [0.5, 0.6) is 11.5 Å². The van der Waals surface area contributed by atoms with Crippen molar-refractivity contribution in [1.29, 1.82) is 0 Å². The molecule has 0 saturated carbocycles. The number of rotatable bonds is 6. The highest BCUT2D eigenvalue weighted by Crippen LogP contribution is 2.27. The van der Waals surface area contributed by atoms with E-state index < -0.39 is 15.8 Å². The molecule has 1 aromatic carbocycles. The number of aryl methyl sites for hydroxylation is 1. The minimum atomic E-state index is -3.72. The fourth-order valence-corrected chi connectivity index (χ4v) is 4.59. The lowest BCUT2D eigenvalue weighted by atomic mass is 9.99. The molecular formula is C19H23FN2O4S. The summed E-state index contributed by atoms with van der Waals surface area (Å²) in [5.41, 5.74) is 0.971. The highest BCUT2D eigenvalue weighted by atomic mass is 32.2. The van der Waals surface area contributed by atoms with Gasteiger partial charge in [0.1, 0.15) is 5.75 Å². The van der Waals surface area contributed by atoms with E-state index in [1.807, 2.05) is 13.0 Å². The Morgan fingerprint density at radius 1 is 1.22 bits per heavy atom. The molecule has 2 aromatic rings. The SMILES string of the molecule is COc1ccc(S(=O)(=O)N2CCC(COc3ccncc3C)CC2)cc1F. The van der Waals surface area contributed by atoms with Gasteiger partial charge < -0.3 is 9.47 Å². The fraction of sp³-hybridized carbons (Fsp3) is 0.421. The third-order valence-corrected chi connectivity index (χ3v) is 6.67. The van der Waals surface area contributed by atoms with Gasteiger partial charge in [-0.3, -0.25) is 4.98 Å².